The Labute approximate surface area is 172 Å². The van der Waals surface area contributed by atoms with Crippen LogP contribution in [0, 0.1) is 0 Å². The lowest BCUT2D eigenvalue weighted by atomic mass is 10.1. The van der Waals surface area contributed by atoms with Crippen LogP contribution in [0.5, 0.6) is 0 Å². The van der Waals surface area contributed by atoms with Crippen molar-refractivity contribution in [2.45, 2.75) is 63.4 Å². The molecule has 29 heavy (non-hydrogen) atoms. The van der Waals surface area contributed by atoms with Crippen molar-refractivity contribution < 1.29 is 24.1 Å². The van der Waals surface area contributed by atoms with Gasteiger partial charge in [0.25, 0.3) is 5.56 Å². The van der Waals surface area contributed by atoms with Crippen molar-refractivity contribution in [2.75, 3.05) is 33.2 Å². The third-order valence-electron chi connectivity index (χ3n) is 5.86. The minimum absolute atomic E-state index is 0.128. The molecule has 2 rings (SSSR count). The molecule has 1 aliphatic rings. The number of nitrogens with one attached hydrogen (secondary N) is 1. The van der Waals surface area contributed by atoms with Gasteiger partial charge in [0.15, 0.2) is 6.23 Å². The monoisotopic (exact) mass is 430 g/mol. The van der Waals surface area contributed by atoms with Gasteiger partial charge in [0.2, 0.25) is 0 Å². The van der Waals surface area contributed by atoms with E-state index in [1.165, 1.54) is 16.8 Å². The number of aromatic amines is 1. The Morgan fingerprint density at radius 2 is 1.90 bits per heavy atom. The van der Waals surface area contributed by atoms with Crippen molar-refractivity contribution in [3.05, 3.63) is 33.1 Å². The van der Waals surface area contributed by atoms with Crippen LogP contribution in [0.4, 0.5) is 0 Å². The van der Waals surface area contributed by atoms with Crippen molar-refractivity contribution in [1.29, 1.82) is 0 Å². The third kappa shape index (κ3) is 5.65. The molecule has 0 radical (unpaired) electrons. The summed E-state index contributed by atoms with van der Waals surface area (Å²) < 4.78 is 24.5. The second kappa shape index (κ2) is 9.67. The summed E-state index contributed by atoms with van der Waals surface area (Å²) in [6, 6.07) is 1.24. The minimum Gasteiger partial charge on any atom is -0.394 e. The summed E-state index contributed by atoms with van der Waals surface area (Å²) >= 11 is 0. The number of aromatic nitrogens is 2. The molecule has 1 unspecified atom stereocenters. The normalized spacial score (nSPS) is 25.5. The minimum atomic E-state index is -1.76. The first-order valence-corrected chi connectivity index (χ1v) is 13.0. The van der Waals surface area contributed by atoms with Gasteiger partial charge in [-0.05, 0) is 5.04 Å². The number of hydrogen-bond acceptors (Lipinski definition) is 7. The van der Waals surface area contributed by atoms with Gasteiger partial charge in [-0.2, -0.15) is 0 Å². The van der Waals surface area contributed by atoms with Crippen molar-refractivity contribution in [1.82, 2.24) is 9.55 Å². The summed E-state index contributed by atoms with van der Waals surface area (Å²) in [6.07, 6.45) is -0.777. The molecule has 0 saturated carbocycles. The molecule has 10 heteroatoms. The number of ether oxygens (including phenoxy) is 4. The standard InChI is InChI=1S/C19H34N2O7Si/c1-19(2,3)29(5,6)12-27-15-13(11-22)28-17(16(15)26-10-9-25-4)21-8-7-14(23)20-18(21)24/h7-8,13,15-17,22H,9-12H2,1-6H3,(H,20,23,24)/t13-,15?,16+,17-/m1/s1. The van der Waals surface area contributed by atoms with Gasteiger partial charge in [0.1, 0.15) is 18.3 Å². The van der Waals surface area contributed by atoms with Crippen LogP contribution in [-0.4, -0.2) is 74.2 Å². The Hall–Kier alpha value is -1.30. The summed E-state index contributed by atoms with van der Waals surface area (Å²) in [4.78, 5) is 25.9. The van der Waals surface area contributed by atoms with Crippen LogP contribution in [0.15, 0.2) is 21.9 Å². The number of nitrogens with zero attached hydrogens (tertiary/aromatic N) is 1. The molecule has 0 bridgehead atoms. The van der Waals surface area contributed by atoms with Crippen molar-refractivity contribution >= 4 is 8.07 Å². The Kier molecular flexibility index (Phi) is 7.99. The first-order chi connectivity index (χ1) is 13.5. The maximum atomic E-state index is 12.3. The van der Waals surface area contributed by atoms with E-state index in [1.54, 1.807) is 7.11 Å². The van der Waals surface area contributed by atoms with E-state index in [2.05, 4.69) is 38.8 Å². The highest BCUT2D eigenvalue weighted by molar-refractivity contribution is 6.80. The van der Waals surface area contributed by atoms with Crippen LogP contribution in [0.1, 0.15) is 27.0 Å². The summed E-state index contributed by atoms with van der Waals surface area (Å²) in [5.41, 5.74) is -1.10. The predicted octanol–water partition coefficient (Wildman–Crippen LogP) is 0.891. The molecule has 9 nitrogen and oxygen atoms in total. The number of aliphatic hydroxyl groups excluding tert-OH is 1. The lowest BCUT2D eigenvalue weighted by molar-refractivity contribution is -0.0864. The average molecular weight is 431 g/mol. The van der Waals surface area contributed by atoms with Crippen LogP contribution >= 0.6 is 0 Å². The Morgan fingerprint density at radius 3 is 2.45 bits per heavy atom. The Bertz CT molecular complexity index is 771. The number of rotatable bonds is 9. The molecule has 1 saturated heterocycles. The van der Waals surface area contributed by atoms with Crippen molar-refractivity contribution in [2.24, 2.45) is 0 Å². The van der Waals surface area contributed by atoms with E-state index in [1.807, 2.05) is 0 Å². The van der Waals surface area contributed by atoms with Crippen LogP contribution in [0.25, 0.3) is 0 Å². The number of aliphatic hydroxyl groups is 1. The van der Waals surface area contributed by atoms with Gasteiger partial charge < -0.3 is 24.1 Å². The van der Waals surface area contributed by atoms with Gasteiger partial charge >= 0.3 is 5.69 Å². The molecular formula is C19H34N2O7Si. The largest absolute Gasteiger partial charge is 0.394 e. The Balaban J connectivity index is 2.30. The molecule has 0 amide bonds. The van der Waals surface area contributed by atoms with Crippen LogP contribution < -0.4 is 11.2 Å². The van der Waals surface area contributed by atoms with E-state index in [-0.39, 0.29) is 18.3 Å². The molecular weight excluding hydrogens is 396 g/mol. The Morgan fingerprint density at radius 1 is 1.21 bits per heavy atom. The summed E-state index contributed by atoms with van der Waals surface area (Å²) in [5.74, 6) is 0. The first kappa shape index (κ1) is 24.0. The molecule has 4 atom stereocenters. The van der Waals surface area contributed by atoms with E-state index in [0.29, 0.717) is 12.8 Å². The van der Waals surface area contributed by atoms with E-state index in [0.717, 1.165) is 0 Å². The zero-order valence-corrected chi connectivity index (χ0v) is 19.1. The lowest BCUT2D eigenvalue weighted by Gasteiger charge is -2.38. The van der Waals surface area contributed by atoms with Gasteiger partial charge in [0.05, 0.1) is 27.9 Å². The van der Waals surface area contributed by atoms with Gasteiger partial charge in [-0.15, -0.1) is 0 Å². The molecule has 1 fully saturated rings. The number of H-pyrrole nitrogens is 1. The molecule has 0 aliphatic carbocycles. The fourth-order valence-corrected chi connectivity index (χ4v) is 3.92. The SMILES string of the molecule is COCCO[C@H]1C(OC[Si](C)(C)C(C)(C)C)[C@@H](CO)O[C@H]1n1ccc(=O)[nH]c1=O. The second-order valence-electron chi connectivity index (χ2n) is 9.00. The van der Waals surface area contributed by atoms with Gasteiger partial charge in [-0.3, -0.25) is 14.3 Å². The quantitative estimate of drug-likeness (QED) is 0.442. The second-order valence-corrected chi connectivity index (χ2v) is 14.6. The zero-order chi connectivity index (χ0) is 21.8. The van der Waals surface area contributed by atoms with Crippen molar-refractivity contribution in [3.63, 3.8) is 0 Å². The third-order valence-corrected chi connectivity index (χ3v) is 10.8. The summed E-state index contributed by atoms with van der Waals surface area (Å²) in [7, 11) is -0.188. The fourth-order valence-electron chi connectivity index (χ4n) is 2.87. The predicted molar refractivity (Wildman–Crippen MR) is 111 cm³/mol. The molecule has 0 spiro atoms. The van der Waals surface area contributed by atoms with E-state index in [9.17, 15) is 14.7 Å². The van der Waals surface area contributed by atoms with E-state index >= 15 is 0 Å². The van der Waals surface area contributed by atoms with Crippen molar-refractivity contribution in [3.8, 4) is 0 Å². The summed E-state index contributed by atoms with van der Waals surface area (Å²) in [6.45, 7) is 11.5. The molecule has 166 valence electrons. The molecule has 0 aromatic carbocycles. The molecule has 1 aliphatic heterocycles. The molecule has 2 heterocycles. The van der Waals surface area contributed by atoms with Crippen LogP contribution in [-0.2, 0) is 18.9 Å². The smallest absolute Gasteiger partial charge is 0.330 e. The summed E-state index contributed by atoms with van der Waals surface area (Å²) in [5, 5.41) is 10.0. The van der Waals surface area contributed by atoms with Gasteiger partial charge in [-0.25, -0.2) is 4.79 Å². The first-order valence-electron chi connectivity index (χ1n) is 9.82. The molecule has 1 aromatic rings. The molecule has 2 N–H and O–H groups in total. The highest BCUT2D eigenvalue weighted by Gasteiger charge is 2.48. The van der Waals surface area contributed by atoms with Gasteiger partial charge in [0, 0.05) is 25.6 Å². The fraction of sp³-hybridized carbons (Fsp3) is 0.789. The highest BCUT2D eigenvalue weighted by Crippen LogP contribution is 2.38. The van der Waals surface area contributed by atoms with E-state index < -0.39 is 43.9 Å². The van der Waals surface area contributed by atoms with Gasteiger partial charge in [-0.1, -0.05) is 33.9 Å². The van der Waals surface area contributed by atoms with Crippen LogP contribution in [0.3, 0.4) is 0 Å². The highest BCUT2D eigenvalue weighted by atomic mass is 28.3. The van der Waals surface area contributed by atoms with E-state index in [4.69, 9.17) is 18.9 Å². The zero-order valence-electron chi connectivity index (χ0n) is 18.1. The number of hydrogen-bond donors (Lipinski definition) is 2. The maximum Gasteiger partial charge on any atom is 0.330 e. The number of methoxy groups -OCH3 is 1. The maximum absolute atomic E-state index is 12.3. The molecule has 1 aromatic heterocycles. The topological polar surface area (TPSA) is 112 Å². The van der Waals surface area contributed by atoms with Crippen LogP contribution in [0.2, 0.25) is 18.1 Å². The average Bonchev–Trinajstić information content (AvgIpc) is 2.97. The lowest BCUT2D eigenvalue weighted by Crippen LogP contribution is -2.47.